The maximum atomic E-state index is 11.2. The summed E-state index contributed by atoms with van der Waals surface area (Å²) in [5.74, 6) is 4.93. The molecule has 1 heterocycles. The van der Waals surface area contributed by atoms with Crippen LogP contribution in [0.25, 0.3) is 0 Å². The highest BCUT2D eigenvalue weighted by atomic mass is 16.1. The van der Waals surface area contributed by atoms with E-state index in [1.807, 2.05) is 0 Å². The summed E-state index contributed by atoms with van der Waals surface area (Å²) in [7, 11) is 0. The Morgan fingerprint density at radius 1 is 1.14 bits per heavy atom. The predicted molar refractivity (Wildman–Crippen MR) is 89.2 cm³/mol. The van der Waals surface area contributed by atoms with Gasteiger partial charge in [0.1, 0.15) is 0 Å². The minimum Gasteiger partial charge on any atom is -0.345 e. The number of hydrogen-bond acceptors (Lipinski definition) is 3. The Kier molecular flexibility index (Phi) is 6.95. The summed E-state index contributed by atoms with van der Waals surface area (Å²) in [5.41, 5.74) is 1.38. The van der Waals surface area contributed by atoms with Gasteiger partial charge in [-0.15, -0.1) is 0 Å². The minimum atomic E-state index is -0.171. The van der Waals surface area contributed by atoms with E-state index in [1.165, 1.54) is 5.56 Å². The van der Waals surface area contributed by atoms with E-state index in [2.05, 4.69) is 57.3 Å². The number of piperazine rings is 1. The molecular weight excluding hydrogens is 274 g/mol. The summed E-state index contributed by atoms with van der Waals surface area (Å²) in [6.45, 7) is 8.90. The van der Waals surface area contributed by atoms with Gasteiger partial charge in [0.2, 0.25) is 0 Å². The first-order chi connectivity index (χ1) is 10.8. The van der Waals surface area contributed by atoms with Crippen molar-refractivity contribution in [2.45, 2.75) is 19.9 Å². The van der Waals surface area contributed by atoms with E-state index in [4.69, 9.17) is 0 Å². The molecule has 1 amide bonds. The van der Waals surface area contributed by atoms with E-state index in [0.29, 0.717) is 6.54 Å². The summed E-state index contributed by atoms with van der Waals surface area (Å²) >= 11 is 0. The fraction of sp³-hybridized carbons (Fsp3) is 0.500. The fourth-order valence-electron chi connectivity index (χ4n) is 2.67. The van der Waals surface area contributed by atoms with Crippen molar-refractivity contribution in [3.8, 4) is 11.8 Å². The molecule has 0 bridgehead atoms. The smallest absolute Gasteiger partial charge is 0.295 e. The topological polar surface area (TPSA) is 35.6 Å². The van der Waals surface area contributed by atoms with E-state index >= 15 is 0 Å². The van der Waals surface area contributed by atoms with Gasteiger partial charge >= 0.3 is 0 Å². The molecule has 118 valence electrons. The summed E-state index contributed by atoms with van der Waals surface area (Å²) in [5, 5.41) is 2.81. The monoisotopic (exact) mass is 299 g/mol. The predicted octanol–water partition coefficient (Wildman–Crippen LogP) is 1.33. The maximum absolute atomic E-state index is 11.2. The standard InChI is InChI=1S/C18H25N3O/c1-2-7-18(22)19-10-6-11-20-12-14-21(15-13-20)16-17-8-4-3-5-9-17/h3-5,8-9H,6,10-16H2,1H3,(H,19,22). The second kappa shape index (κ2) is 9.24. The van der Waals surface area contributed by atoms with E-state index in [9.17, 15) is 4.79 Å². The van der Waals surface area contributed by atoms with Gasteiger partial charge in [-0.2, -0.15) is 0 Å². The number of carbonyl (C=O) groups excluding carboxylic acids is 1. The van der Waals surface area contributed by atoms with Crippen molar-refractivity contribution >= 4 is 5.91 Å². The van der Waals surface area contributed by atoms with E-state index in [-0.39, 0.29) is 5.91 Å². The largest absolute Gasteiger partial charge is 0.345 e. The van der Waals surface area contributed by atoms with Crippen molar-refractivity contribution in [2.75, 3.05) is 39.3 Å². The molecule has 0 saturated carbocycles. The quantitative estimate of drug-likeness (QED) is 0.636. The van der Waals surface area contributed by atoms with Crippen LogP contribution in [-0.2, 0) is 11.3 Å². The van der Waals surface area contributed by atoms with Crippen LogP contribution in [0.3, 0.4) is 0 Å². The number of benzene rings is 1. The normalized spacial score (nSPS) is 15.9. The van der Waals surface area contributed by atoms with Crippen molar-refractivity contribution in [3.05, 3.63) is 35.9 Å². The number of amides is 1. The lowest BCUT2D eigenvalue weighted by atomic mass is 10.2. The highest BCUT2D eigenvalue weighted by Crippen LogP contribution is 2.08. The Balaban J connectivity index is 1.59. The van der Waals surface area contributed by atoms with Gasteiger partial charge in [0.05, 0.1) is 0 Å². The van der Waals surface area contributed by atoms with E-state index in [1.54, 1.807) is 6.92 Å². The highest BCUT2D eigenvalue weighted by molar-refractivity contribution is 5.93. The SMILES string of the molecule is CC#CC(=O)NCCCN1CCN(Cc2ccccc2)CC1. The molecule has 0 radical (unpaired) electrons. The molecule has 1 fully saturated rings. The summed E-state index contributed by atoms with van der Waals surface area (Å²) in [6.07, 6.45) is 0.982. The van der Waals surface area contributed by atoms with Gasteiger partial charge in [-0.3, -0.25) is 9.69 Å². The Labute approximate surface area is 133 Å². The first kappa shape index (κ1) is 16.5. The molecule has 2 rings (SSSR count). The van der Waals surface area contributed by atoms with Gasteiger partial charge in [-0.05, 0) is 31.4 Å². The third kappa shape index (κ3) is 5.88. The van der Waals surface area contributed by atoms with Gasteiger partial charge in [0.15, 0.2) is 0 Å². The van der Waals surface area contributed by atoms with Crippen molar-refractivity contribution in [1.29, 1.82) is 0 Å². The zero-order valence-electron chi connectivity index (χ0n) is 13.3. The first-order valence-electron chi connectivity index (χ1n) is 7.97. The van der Waals surface area contributed by atoms with E-state index < -0.39 is 0 Å². The molecule has 1 aromatic carbocycles. The summed E-state index contributed by atoms with van der Waals surface area (Å²) in [4.78, 5) is 16.2. The van der Waals surface area contributed by atoms with Crippen LogP contribution >= 0.6 is 0 Å². The number of nitrogens with zero attached hydrogens (tertiary/aromatic N) is 2. The summed E-state index contributed by atoms with van der Waals surface area (Å²) in [6, 6.07) is 10.6. The molecule has 1 aliphatic heterocycles. The number of nitrogens with one attached hydrogen (secondary N) is 1. The molecular formula is C18H25N3O. The van der Waals surface area contributed by atoms with Crippen LogP contribution in [0.4, 0.5) is 0 Å². The van der Waals surface area contributed by atoms with Crippen molar-refractivity contribution in [1.82, 2.24) is 15.1 Å². The van der Waals surface area contributed by atoms with E-state index in [0.717, 1.165) is 45.7 Å². The second-order valence-electron chi connectivity index (χ2n) is 5.59. The number of carbonyl (C=O) groups is 1. The average molecular weight is 299 g/mol. The lowest BCUT2D eigenvalue weighted by Gasteiger charge is -2.34. The van der Waals surface area contributed by atoms with Gasteiger partial charge in [0, 0.05) is 39.3 Å². The van der Waals surface area contributed by atoms with Crippen molar-refractivity contribution in [2.24, 2.45) is 0 Å². The van der Waals surface area contributed by atoms with Gasteiger partial charge in [-0.1, -0.05) is 36.3 Å². The van der Waals surface area contributed by atoms with Crippen LogP contribution < -0.4 is 5.32 Å². The van der Waals surface area contributed by atoms with Crippen LogP contribution in [0.5, 0.6) is 0 Å². The van der Waals surface area contributed by atoms with Crippen molar-refractivity contribution < 1.29 is 4.79 Å². The Bertz CT molecular complexity index is 510. The minimum absolute atomic E-state index is 0.171. The number of rotatable bonds is 6. The van der Waals surface area contributed by atoms with Crippen LogP contribution in [0.15, 0.2) is 30.3 Å². The molecule has 4 heteroatoms. The lowest BCUT2D eigenvalue weighted by Crippen LogP contribution is -2.46. The zero-order valence-corrected chi connectivity index (χ0v) is 13.3. The zero-order chi connectivity index (χ0) is 15.6. The molecule has 4 nitrogen and oxygen atoms in total. The molecule has 0 spiro atoms. The Morgan fingerprint density at radius 3 is 2.50 bits per heavy atom. The molecule has 1 N–H and O–H groups in total. The van der Waals surface area contributed by atoms with Crippen LogP contribution in [0.1, 0.15) is 18.9 Å². The molecule has 1 aromatic rings. The van der Waals surface area contributed by atoms with Crippen LogP contribution in [0, 0.1) is 11.8 Å². The first-order valence-corrected chi connectivity index (χ1v) is 7.97. The Hall–Kier alpha value is -1.83. The van der Waals surface area contributed by atoms with Crippen molar-refractivity contribution in [3.63, 3.8) is 0 Å². The van der Waals surface area contributed by atoms with Crippen LogP contribution in [0.2, 0.25) is 0 Å². The average Bonchev–Trinajstić information content (AvgIpc) is 2.54. The molecule has 0 unspecified atom stereocenters. The molecule has 0 aromatic heterocycles. The summed E-state index contributed by atoms with van der Waals surface area (Å²) < 4.78 is 0. The number of hydrogen-bond donors (Lipinski definition) is 1. The Morgan fingerprint density at radius 2 is 1.82 bits per heavy atom. The molecule has 1 aliphatic rings. The van der Waals surface area contributed by atoms with Gasteiger partial charge < -0.3 is 10.2 Å². The van der Waals surface area contributed by atoms with Gasteiger partial charge in [0.25, 0.3) is 5.91 Å². The second-order valence-corrected chi connectivity index (χ2v) is 5.59. The maximum Gasteiger partial charge on any atom is 0.295 e. The van der Waals surface area contributed by atoms with Gasteiger partial charge in [-0.25, -0.2) is 0 Å². The third-order valence-corrected chi connectivity index (χ3v) is 3.89. The lowest BCUT2D eigenvalue weighted by molar-refractivity contribution is -0.115. The molecule has 0 aliphatic carbocycles. The molecule has 0 atom stereocenters. The molecule has 22 heavy (non-hydrogen) atoms. The fourth-order valence-corrected chi connectivity index (χ4v) is 2.67. The third-order valence-electron chi connectivity index (χ3n) is 3.89. The molecule has 1 saturated heterocycles. The highest BCUT2D eigenvalue weighted by Gasteiger charge is 2.16. The van der Waals surface area contributed by atoms with Crippen LogP contribution in [-0.4, -0.2) is 55.0 Å².